The minimum absolute atomic E-state index is 0.0328. The van der Waals surface area contributed by atoms with Crippen LogP contribution in [-0.2, 0) is 18.6 Å². The molecule has 0 heterocycles. The van der Waals surface area contributed by atoms with E-state index in [0.29, 0.717) is 5.76 Å². The van der Waals surface area contributed by atoms with Gasteiger partial charge in [-0.05, 0) is 44.8 Å². The number of carbonyl (C=O) groups excluding carboxylic acids is 1. The number of hydrogen-bond donors (Lipinski definition) is 1. The van der Waals surface area contributed by atoms with E-state index < -0.39 is 14.2 Å². The van der Waals surface area contributed by atoms with Gasteiger partial charge in [0.2, 0.25) is 0 Å². The van der Waals surface area contributed by atoms with Crippen LogP contribution in [-0.4, -0.2) is 22.9 Å². The summed E-state index contributed by atoms with van der Waals surface area (Å²) in [5.74, 6) is 0.171. The molecule has 2 rings (SSSR count). The van der Waals surface area contributed by atoms with E-state index in [9.17, 15) is 9.36 Å². The summed E-state index contributed by atoms with van der Waals surface area (Å²) in [6.07, 6.45) is 9.30. The van der Waals surface area contributed by atoms with Crippen molar-refractivity contribution >= 4 is 30.1 Å². The van der Waals surface area contributed by atoms with Crippen LogP contribution in [0.15, 0.2) is 24.0 Å². The SMILES string of the molecule is C[C@H](N[P+](=O)OC1=CCC(Br)C=C1)C(=O)OC1CCC1. The maximum Gasteiger partial charge on any atom is 0.664 e. The lowest BCUT2D eigenvalue weighted by atomic mass is 9.96. The number of esters is 1. The van der Waals surface area contributed by atoms with Crippen molar-refractivity contribution in [2.45, 2.75) is 49.6 Å². The van der Waals surface area contributed by atoms with Crippen LogP contribution in [0.3, 0.4) is 0 Å². The number of hydrogen-bond acceptors (Lipinski definition) is 4. The van der Waals surface area contributed by atoms with Gasteiger partial charge in [0.05, 0.1) is 0 Å². The van der Waals surface area contributed by atoms with Gasteiger partial charge in [0.15, 0.2) is 5.76 Å². The van der Waals surface area contributed by atoms with Crippen LogP contribution in [0.4, 0.5) is 0 Å². The van der Waals surface area contributed by atoms with Crippen molar-refractivity contribution in [2.24, 2.45) is 0 Å². The summed E-state index contributed by atoms with van der Waals surface area (Å²) in [6, 6.07) is -0.642. The van der Waals surface area contributed by atoms with E-state index in [-0.39, 0.29) is 16.9 Å². The lowest BCUT2D eigenvalue weighted by Crippen LogP contribution is -2.36. The van der Waals surface area contributed by atoms with Gasteiger partial charge in [0, 0.05) is 9.39 Å². The molecule has 7 heteroatoms. The summed E-state index contributed by atoms with van der Waals surface area (Å²) in [5, 5.41) is 2.62. The number of halogens is 1. The van der Waals surface area contributed by atoms with Crippen molar-refractivity contribution in [3.63, 3.8) is 0 Å². The van der Waals surface area contributed by atoms with Crippen molar-refractivity contribution in [3.05, 3.63) is 24.0 Å². The lowest BCUT2D eigenvalue weighted by Gasteiger charge is -2.25. The highest BCUT2D eigenvalue weighted by molar-refractivity contribution is 9.09. The van der Waals surface area contributed by atoms with Gasteiger partial charge in [-0.2, -0.15) is 0 Å². The normalized spacial score (nSPS) is 24.4. The highest BCUT2D eigenvalue weighted by atomic mass is 79.9. The molecule has 2 aliphatic rings. The molecule has 0 bridgehead atoms. The molecular weight excluding hydrogens is 345 g/mol. The molecule has 1 N–H and O–H groups in total. The van der Waals surface area contributed by atoms with Crippen molar-refractivity contribution in [1.29, 1.82) is 0 Å². The molecule has 0 aromatic carbocycles. The van der Waals surface area contributed by atoms with Crippen molar-refractivity contribution in [1.82, 2.24) is 5.09 Å². The van der Waals surface area contributed by atoms with Gasteiger partial charge in [-0.1, -0.05) is 27.1 Å². The lowest BCUT2D eigenvalue weighted by molar-refractivity contribution is -0.154. The number of alkyl halides is 1. The topological polar surface area (TPSA) is 64.6 Å². The minimum Gasteiger partial charge on any atom is -0.461 e. The highest BCUT2D eigenvalue weighted by Crippen LogP contribution is 2.28. The first-order valence-electron chi connectivity index (χ1n) is 6.69. The second-order valence-corrected chi connectivity index (χ2v) is 7.04. The van der Waals surface area contributed by atoms with Crippen LogP contribution < -0.4 is 5.09 Å². The molecule has 0 spiro atoms. The van der Waals surface area contributed by atoms with Gasteiger partial charge >= 0.3 is 14.1 Å². The monoisotopic (exact) mass is 362 g/mol. The fourth-order valence-corrected chi connectivity index (χ4v) is 2.87. The Labute approximate surface area is 127 Å². The largest absolute Gasteiger partial charge is 0.664 e. The van der Waals surface area contributed by atoms with E-state index in [1.807, 2.05) is 12.2 Å². The number of carbonyl (C=O) groups is 1. The average Bonchev–Trinajstić information content (AvgIpc) is 2.36. The summed E-state index contributed by atoms with van der Waals surface area (Å²) < 4.78 is 22.3. The number of rotatable bonds is 6. The Morgan fingerprint density at radius 2 is 2.30 bits per heavy atom. The first kappa shape index (κ1) is 15.7. The van der Waals surface area contributed by atoms with E-state index in [4.69, 9.17) is 9.26 Å². The Bertz CT molecular complexity index is 448. The van der Waals surface area contributed by atoms with Crippen molar-refractivity contribution in [3.8, 4) is 0 Å². The van der Waals surface area contributed by atoms with Crippen LogP contribution in [0.1, 0.15) is 32.6 Å². The second kappa shape index (κ2) is 7.34. The first-order valence-corrected chi connectivity index (χ1v) is 8.78. The molecule has 0 aliphatic heterocycles. The van der Waals surface area contributed by atoms with Crippen LogP contribution >= 0.6 is 24.1 Å². The fourth-order valence-electron chi connectivity index (χ4n) is 1.73. The molecule has 110 valence electrons. The predicted molar refractivity (Wildman–Crippen MR) is 79.6 cm³/mol. The molecule has 0 amide bonds. The maximum atomic E-state index is 11.8. The molecule has 0 radical (unpaired) electrons. The molecular formula is C13H18BrNO4P+. The van der Waals surface area contributed by atoms with Crippen LogP contribution in [0.2, 0.25) is 0 Å². The van der Waals surface area contributed by atoms with Crippen LogP contribution in [0, 0.1) is 0 Å². The molecule has 2 aliphatic carbocycles. The molecule has 1 saturated carbocycles. The fraction of sp³-hybridized carbons (Fsp3) is 0.615. The second-order valence-electron chi connectivity index (χ2n) is 4.91. The molecule has 0 saturated heterocycles. The van der Waals surface area contributed by atoms with Crippen molar-refractivity contribution in [2.75, 3.05) is 0 Å². The standard InChI is InChI=1S/C13H18BrNO4P/c1-9(13(16)18-11-3-2-4-11)15-20(17)19-12-7-5-10(14)6-8-12/h5,7-11H,2-4,6H2,1H3,(H,15,17)/q+1/t9-,10?/m0/s1. The number of nitrogens with one attached hydrogen (secondary N) is 1. The van der Waals surface area contributed by atoms with Gasteiger partial charge in [0.25, 0.3) is 0 Å². The van der Waals surface area contributed by atoms with Crippen molar-refractivity contribution < 1.29 is 18.6 Å². The minimum atomic E-state index is -2.14. The summed E-state index contributed by atoms with van der Waals surface area (Å²) in [7, 11) is -2.14. The van der Waals surface area contributed by atoms with E-state index in [1.165, 1.54) is 0 Å². The summed E-state index contributed by atoms with van der Waals surface area (Å²) in [5.41, 5.74) is 0. The Hall–Kier alpha value is -0.710. The van der Waals surface area contributed by atoms with Gasteiger partial charge in [-0.25, -0.2) is 4.52 Å². The first-order chi connectivity index (χ1) is 9.54. The van der Waals surface area contributed by atoms with Gasteiger partial charge < -0.3 is 4.74 Å². The number of allylic oxidation sites excluding steroid dienone is 3. The van der Waals surface area contributed by atoms with Crippen LogP contribution in [0.25, 0.3) is 0 Å². The Balaban J connectivity index is 1.73. The van der Waals surface area contributed by atoms with E-state index >= 15 is 0 Å². The third kappa shape index (κ3) is 4.69. The van der Waals surface area contributed by atoms with Crippen LogP contribution in [0.5, 0.6) is 0 Å². The molecule has 2 unspecified atom stereocenters. The van der Waals surface area contributed by atoms with Gasteiger partial charge in [0.1, 0.15) is 12.1 Å². The van der Waals surface area contributed by atoms with E-state index in [1.54, 1.807) is 13.0 Å². The highest BCUT2D eigenvalue weighted by Gasteiger charge is 2.31. The smallest absolute Gasteiger partial charge is 0.461 e. The summed E-state index contributed by atoms with van der Waals surface area (Å²) in [6.45, 7) is 1.62. The Kier molecular flexibility index (Phi) is 5.75. The quantitative estimate of drug-likeness (QED) is 0.446. The van der Waals surface area contributed by atoms with Gasteiger partial charge in [-0.3, -0.25) is 4.79 Å². The molecule has 3 atom stereocenters. The van der Waals surface area contributed by atoms with E-state index in [0.717, 1.165) is 25.7 Å². The van der Waals surface area contributed by atoms with E-state index in [2.05, 4.69) is 21.0 Å². The Morgan fingerprint density at radius 1 is 1.55 bits per heavy atom. The third-order valence-electron chi connectivity index (χ3n) is 3.19. The summed E-state index contributed by atoms with van der Waals surface area (Å²) >= 11 is 3.44. The average molecular weight is 363 g/mol. The number of ether oxygens (including phenoxy) is 1. The molecule has 5 nitrogen and oxygen atoms in total. The summed E-state index contributed by atoms with van der Waals surface area (Å²) in [4.78, 5) is 12.0. The zero-order valence-electron chi connectivity index (χ0n) is 11.3. The predicted octanol–water partition coefficient (Wildman–Crippen LogP) is 3.34. The maximum absolute atomic E-state index is 11.8. The Morgan fingerprint density at radius 3 is 2.85 bits per heavy atom. The third-order valence-corrected chi connectivity index (χ3v) is 4.84. The zero-order chi connectivity index (χ0) is 14.5. The molecule has 20 heavy (non-hydrogen) atoms. The van der Waals surface area contributed by atoms with Gasteiger partial charge in [-0.15, -0.1) is 0 Å². The zero-order valence-corrected chi connectivity index (χ0v) is 13.7. The molecule has 0 aromatic rings. The molecule has 0 aromatic heterocycles. The molecule has 1 fully saturated rings.